The molecule has 0 aliphatic rings. The number of carbonyl (C=O) groups is 1. The first-order chi connectivity index (χ1) is 13.5. The molecular weight excluding hydrogens is 412 g/mol. The van der Waals surface area contributed by atoms with Gasteiger partial charge in [-0.2, -0.15) is 8.42 Å². The molecule has 8 heteroatoms. The van der Waals surface area contributed by atoms with Gasteiger partial charge in [0.15, 0.2) is 0 Å². The van der Waals surface area contributed by atoms with Crippen molar-refractivity contribution in [3.05, 3.63) is 58.6 Å². The van der Waals surface area contributed by atoms with Gasteiger partial charge in [-0.1, -0.05) is 35.9 Å². The van der Waals surface area contributed by atoms with Crippen molar-refractivity contribution in [3.63, 3.8) is 0 Å². The Kier molecular flexibility index (Phi) is 7.54. The van der Waals surface area contributed by atoms with Gasteiger partial charge in [0.2, 0.25) is 0 Å². The fourth-order valence-corrected chi connectivity index (χ4v) is 4.53. The number of aryl methyl sites for hydroxylation is 1. The van der Waals surface area contributed by atoms with E-state index in [1.165, 1.54) is 6.07 Å². The van der Waals surface area contributed by atoms with E-state index in [0.29, 0.717) is 12.1 Å². The van der Waals surface area contributed by atoms with E-state index in [0.717, 1.165) is 5.56 Å². The molecule has 2 aromatic carbocycles. The summed E-state index contributed by atoms with van der Waals surface area (Å²) in [5.74, 6) is 0.162. The van der Waals surface area contributed by atoms with E-state index in [1.54, 1.807) is 42.2 Å². The highest BCUT2D eigenvalue weighted by Crippen LogP contribution is 2.28. The lowest BCUT2D eigenvalue weighted by Gasteiger charge is -2.28. The molecule has 0 aliphatic carbocycles. The Balaban J connectivity index is 2.26. The minimum atomic E-state index is -4.09. The standard InChI is InChI=1S/C21H27ClN2O4S/c1-14(2)23-21(25)24(15(3)4)13-17-9-7-10-18(12-17)28-29(26,27)20-16(5)8-6-11-19(20)22/h6-12,14-15H,13H2,1-5H3,(H,23,25). The smallest absolute Gasteiger partial charge is 0.340 e. The van der Waals surface area contributed by atoms with E-state index in [-0.39, 0.29) is 33.8 Å². The second kappa shape index (κ2) is 9.50. The lowest BCUT2D eigenvalue weighted by atomic mass is 10.2. The first kappa shape index (κ1) is 23.0. The molecule has 0 fully saturated rings. The van der Waals surface area contributed by atoms with E-state index in [1.807, 2.05) is 33.8 Å². The third-order valence-electron chi connectivity index (χ3n) is 4.17. The molecule has 158 valence electrons. The lowest BCUT2D eigenvalue weighted by Crippen LogP contribution is -2.45. The minimum Gasteiger partial charge on any atom is -0.379 e. The van der Waals surface area contributed by atoms with Gasteiger partial charge in [-0.15, -0.1) is 0 Å². The molecule has 0 saturated carbocycles. The Labute approximate surface area is 177 Å². The van der Waals surface area contributed by atoms with Crippen LogP contribution in [0, 0.1) is 6.92 Å². The van der Waals surface area contributed by atoms with Gasteiger partial charge in [0.1, 0.15) is 10.6 Å². The topological polar surface area (TPSA) is 75.7 Å². The number of urea groups is 1. The number of hydrogen-bond acceptors (Lipinski definition) is 4. The number of benzene rings is 2. The van der Waals surface area contributed by atoms with Gasteiger partial charge in [-0.3, -0.25) is 0 Å². The summed E-state index contributed by atoms with van der Waals surface area (Å²) in [6.45, 7) is 9.61. The van der Waals surface area contributed by atoms with Crippen molar-refractivity contribution in [2.24, 2.45) is 0 Å². The van der Waals surface area contributed by atoms with Crippen LogP contribution >= 0.6 is 11.6 Å². The molecule has 2 amide bonds. The second-order valence-electron chi connectivity index (χ2n) is 7.40. The summed E-state index contributed by atoms with van der Waals surface area (Å²) in [6, 6.07) is 11.3. The van der Waals surface area contributed by atoms with E-state index in [9.17, 15) is 13.2 Å². The summed E-state index contributed by atoms with van der Waals surface area (Å²) in [7, 11) is -4.09. The maximum atomic E-state index is 12.7. The van der Waals surface area contributed by atoms with Gasteiger partial charge < -0.3 is 14.4 Å². The van der Waals surface area contributed by atoms with Crippen LogP contribution in [0.3, 0.4) is 0 Å². The number of rotatable bonds is 7. The highest BCUT2D eigenvalue weighted by atomic mass is 35.5. The molecule has 0 spiro atoms. The summed E-state index contributed by atoms with van der Waals surface area (Å²) in [5, 5.41) is 2.99. The molecule has 29 heavy (non-hydrogen) atoms. The number of nitrogens with zero attached hydrogens (tertiary/aromatic N) is 1. The minimum absolute atomic E-state index is 0.0161. The Morgan fingerprint density at radius 2 is 1.79 bits per heavy atom. The van der Waals surface area contributed by atoms with Gasteiger partial charge in [0.05, 0.1) is 5.02 Å². The summed E-state index contributed by atoms with van der Waals surface area (Å²) in [6.07, 6.45) is 0. The molecular formula is C21H27ClN2O4S. The molecule has 0 unspecified atom stereocenters. The molecule has 6 nitrogen and oxygen atoms in total. The molecule has 2 aromatic rings. The maximum absolute atomic E-state index is 12.7. The quantitative estimate of drug-likeness (QED) is 0.633. The van der Waals surface area contributed by atoms with E-state index in [4.69, 9.17) is 15.8 Å². The summed E-state index contributed by atoms with van der Waals surface area (Å²) in [5.41, 5.74) is 1.26. The number of amides is 2. The van der Waals surface area contributed by atoms with Crippen molar-refractivity contribution < 1.29 is 17.4 Å². The highest BCUT2D eigenvalue weighted by molar-refractivity contribution is 7.87. The average molecular weight is 439 g/mol. The van der Waals surface area contributed by atoms with Crippen LogP contribution in [0.25, 0.3) is 0 Å². The van der Waals surface area contributed by atoms with Gasteiger partial charge in [0, 0.05) is 18.6 Å². The van der Waals surface area contributed by atoms with Crippen LogP contribution in [0.4, 0.5) is 4.79 Å². The Hall–Kier alpha value is -2.25. The number of nitrogens with one attached hydrogen (secondary N) is 1. The average Bonchev–Trinajstić information content (AvgIpc) is 2.58. The van der Waals surface area contributed by atoms with Crippen LogP contribution in [0.2, 0.25) is 5.02 Å². The predicted octanol–water partition coefficient (Wildman–Crippen LogP) is 4.74. The number of carbonyl (C=O) groups excluding carboxylic acids is 1. The summed E-state index contributed by atoms with van der Waals surface area (Å²) < 4.78 is 30.8. The highest BCUT2D eigenvalue weighted by Gasteiger charge is 2.23. The molecule has 0 heterocycles. The van der Waals surface area contributed by atoms with E-state index in [2.05, 4.69) is 5.32 Å². The normalized spacial score (nSPS) is 11.6. The van der Waals surface area contributed by atoms with E-state index >= 15 is 0 Å². The molecule has 0 aliphatic heterocycles. The van der Waals surface area contributed by atoms with Crippen LogP contribution in [0.1, 0.15) is 38.8 Å². The van der Waals surface area contributed by atoms with Gasteiger partial charge in [-0.25, -0.2) is 4.79 Å². The lowest BCUT2D eigenvalue weighted by molar-refractivity contribution is 0.177. The summed E-state index contributed by atoms with van der Waals surface area (Å²) in [4.78, 5) is 14.1. The molecule has 0 bridgehead atoms. The van der Waals surface area contributed by atoms with Crippen LogP contribution in [0.5, 0.6) is 5.75 Å². The zero-order valence-electron chi connectivity index (χ0n) is 17.3. The van der Waals surface area contributed by atoms with Crippen LogP contribution in [0.15, 0.2) is 47.4 Å². The van der Waals surface area contributed by atoms with Crippen molar-refractivity contribution in [2.75, 3.05) is 0 Å². The first-order valence-electron chi connectivity index (χ1n) is 9.37. The van der Waals surface area contributed by atoms with Crippen molar-refractivity contribution in [3.8, 4) is 5.75 Å². The largest absolute Gasteiger partial charge is 0.379 e. The van der Waals surface area contributed by atoms with Crippen LogP contribution < -0.4 is 9.50 Å². The van der Waals surface area contributed by atoms with Crippen molar-refractivity contribution >= 4 is 27.8 Å². The van der Waals surface area contributed by atoms with Crippen LogP contribution in [-0.2, 0) is 16.7 Å². The number of hydrogen-bond donors (Lipinski definition) is 1. The zero-order valence-corrected chi connectivity index (χ0v) is 18.8. The van der Waals surface area contributed by atoms with Crippen molar-refractivity contribution in [1.82, 2.24) is 10.2 Å². The van der Waals surface area contributed by atoms with Gasteiger partial charge in [-0.05, 0) is 63.9 Å². The zero-order chi connectivity index (χ0) is 21.8. The molecule has 0 aromatic heterocycles. The predicted molar refractivity (Wildman–Crippen MR) is 115 cm³/mol. The number of halogens is 1. The Morgan fingerprint density at radius 3 is 2.38 bits per heavy atom. The summed E-state index contributed by atoms with van der Waals surface area (Å²) >= 11 is 6.08. The monoisotopic (exact) mass is 438 g/mol. The Bertz CT molecular complexity index is 954. The molecule has 2 rings (SSSR count). The fourth-order valence-electron chi connectivity index (χ4n) is 2.81. The van der Waals surface area contributed by atoms with Crippen LogP contribution in [-0.4, -0.2) is 31.4 Å². The third-order valence-corrected chi connectivity index (χ3v) is 6.05. The maximum Gasteiger partial charge on any atom is 0.340 e. The van der Waals surface area contributed by atoms with E-state index < -0.39 is 10.1 Å². The van der Waals surface area contributed by atoms with Gasteiger partial charge >= 0.3 is 16.1 Å². The molecule has 0 atom stereocenters. The molecule has 0 saturated heterocycles. The fraction of sp³-hybridized carbons (Fsp3) is 0.381. The second-order valence-corrected chi connectivity index (χ2v) is 9.29. The molecule has 1 N–H and O–H groups in total. The SMILES string of the molecule is Cc1cccc(Cl)c1S(=O)(=O)Oc1cccc(CN(C(=O)NC(C)C)C(C)C)c1. The Morgan fingerprint density at radius 1 is 1.14 bits per heavy atom. The van der Waals surface area contributed by atoms with Crippen molar-refractivity contribution in [2.45, 2.75) is 58.1 Å². The molecule has 0 radical (unpaired) electrons. The van der Waals surface area contributed by atoms with Crippen molar-refractivity contribution in [1.29, 1.82) is 0 Å². The third kappa shape index (κ3) is 6.11. The van der Waals surface area contributed by atoms with Gasteiger partial charge in [0.25, 0.3) is 0 Å². The first-order valence-corrected chi connectivity index (χ1v) is 11.2.